The van der Waals surface area contributed by atoms with Crippen molar-refractivity contribution in [1.29, 1.82) is 0 Å². The third kappa shape index (κ3) is 2.08. The van der Waals surface area contributed by atoms with Crippen LogP contribution in [0.5, 0.6) is 0 Å². The van der Waals surface area contributed by atoms with E-state index in [1.165, 1.54) is 4.31 Å². The fourth-order valence-corrected chi connectivity index (χ4v) is 4.84. The molecule has 1 N–H and O–H groups in total. The lowest BCUT2D eigenvalue weighted by molar-refractivity contribution is 0.364. The van der Waals surface area contributed by atoms with E-state index in [4.69, 9.17) is 0 Å². The Labute approximate surface area is 123 Å². The quantitative estimate of drug-likeness (QED) is 0.831. The molecule has 2 saturated heterocycles. The summed E-state index contributed by atoms with van der Waals surface area (Å²) in [5.41, 5.74) is 0. The van der Waals surface area contributed by atoms with E-state index in [2.05, 4.69) is 10.3 Å². The summed E-state index contributed by atoms with van der Waals surface area (Å²) in [6.07, 6.45) is 0.464. The Morgan fingerprint density at radius 1 is 1.24 bits per heavy atom. The first kappa shape index (κ1) is 13.3. The molecule has 0 aromatic carbocycles. The number of hydrogen-bond donors (Lipinski definition) is 1. The van der Waals surface area contributed by atoms with Crippen LogP contribution in [-0.2, 0) is 10.0 Å². The Morgan fingerprint density at radius 3 is 2.86 bits per heavy atom. The molecule has 2 bridgehead atoms. The first-order chi connectivity index (χ1) is 10.0. The Bertz CT molecular complexity index is 681. The van der Waals surface area contributed by atoms with Gasteiger partial charge in [0.1, 0.15) is 22.7 Å². The zero-order chi connectivity index (χ0) is 14.6. The SMILES string of the molecule is O=S1(=O)c2ccc(N3CCC(F)C3)nc2NC2CCN1C2. The zero-order valence-electron chi connectivity index (χ0n) is 11.5. The molecule has 4 heterocycles. The average Bonchev–Trinajstić information content (AvgIpc) is 3.05. The molecule has 2 fully saturated rings. The molecule has 0 radical (unpaired) electrons. The fraction of sp³-hybridized carbons (Fsp3) is 0.615. The van der Waals surface area contributed by atoms with Gasteiger partial charge in [-0.15, -0.1) is 0 Å². The Kier molecular flexibility index (Phi) is 2.87. The highest BCUT2D eigenvalue weighted by molar-refractivity contribution is 7.89. The van der Waals surface area contributed by atoms with Gasteiger partial charge in [-0.1, -0.05) is 0 Å². The van der Waals surface area contributed by atoms with Gasteiger partial charge < -0.3 is 10.2 Å². The molecule has 1 aromatic heterocycles. The van der Waals surface area contributed by atoms with Crippen molar-refractivity contribution >= 4 is 21.7 Å². The van der Waals surface area contributed by atoms with Crippen LogP contribution in [0.15, 0.2) is 17.0 Å². The summed E-state index contributed by atoms with van der Waals surface area (Å²) in [4.78, 5) is 6.54. The van der Waals surface area contributed by atoms with Crippen LogP contribution in [0.25, 0.3) is 0 Å². The number of sulfonamides is 1. The highest BCUT2D eigenvalue weighted by Gasteiger charge is 2.38. The molecule has 3 unspecified atom stereocenters. The molecule has 3 aliphatic heterocycles. The van der Waals surface area contributed by atoms with Crippen molar-refractivity contribution in [2.24, 2.45) is 0 Å². The zero-order valence-corrected chi connectivity index (χ0v) is 12.3. The van der Waals surface area contributed by atoms with Crippen molar-refractivity contribution in [3.05, 3.63) is 12.1 Å². The van der Waals surface area contributed by atoms with Gasteiger partial charge in [0.05, 0.1) is 6.54 Å². The van der Waals surface area contributed by atoms with E-state index in [-0.39, 0.29) is 10.9 Å². The molecule has 0 saturated carbocycles. The molecule has 8 heteroatoms. The summed E-state index contributed by atoms with van der Waals surface area (Å²) >= 11 is 0. The number of anilines is 2. The van der Waals surface area contributed by atoms with Crippen molar-refractivity contribution in [3.63, 3.8) is 0 Å². The maximum absolute atomic E-state index is 13.3. The minimum Gasteiger partial charge on any atom is -0.365 e. The van der Waals surface area contributed by atoms with Gasteiger partial charge in [0, 0.05) is 25.7 Å². The van der Waals surface area contributed by atoms with Gasteiger partial charge in [-0.25, -0.2) is 17.8 Å². The van der Waals surface area contributed by atoms with E-state index in [9.17, 15) is 12.8 Å². The predicted molar refractivity (Wildman–Crippen MR) is 76.7 cm³/mol. The maximum Gasteiger partial charge on any atom is 0.246 e. The minimum absolute atomic E-state index is 0.108. The average molecular weight is 312 g/mol. The number of pyridine rings is 1. The summed E-state index contributed by atoms with van der Waals surface area (Å²) in [6.45, 7) is 1.99. The van der Waals surface area contributed by atoms with Crippen LogP contribution in [0.1, 0.15) is 12.8 Å². The molecule has 3 aliphatic rings. The minimum atomic E-state index is -3.46. The number of nitrogens with one attached hydrogen (secondary N) is 1. The van der Waals surface area contributed by atoms with E-state index in [0.717, 1.165) is 6.42 Å². The first-order valence-corrected chi connectivity index (χ1v) is 8.65. The largest absolute Gasteiger partial charge is 0.365 e. The lowest BCUT2D eigenvalue weighted by atomic mass is 10.2. The third-order valence-electron chi connectivity index (χ3n) is 4.41. The van der Waals surface area contributed by atoms with Crippen molar-refractivity contribution in [3.8, 4) is 0 Å². The first-order valence-electron chi connectivity index (χ1n) is 7.21. The highest BCUT2D eigenvalue weighted by atomic mass is 32.2. The maximum atomic E-state index is 13.3. The van der Waals surface area contributed by atoms with E-state index in [1.54, 1.807) is 12.1 Å². The van der Waals surface area contributed by atoms with Gasteiger partial charge >= 0.3 is 0 Å². The fourth-order valence-electron chi connectivity index (χ4n) is 3.25. The third-order valence-corrected chi connectivity index (χ3v) is 6.30. The van der Waals surface area contributed by atoms with Crippen LogP contribution < -0.4 is 10.2 Å². The van der Waals surface area contributed by atoms with Gasteiger partial charge in [0.2, 0.25) is 10.0 Å². The van der Waals surface area contributed by atoms with Gasteiger partial charge in [0.15, 0.2) is 0 Å². The molecular weight excluding hydrogens is 295 g/mol. The molecule has 21 heavy (non-hydrogen) atoms. The molecule has 0 amide bonds. The van der Waals surface area contributed by atoms with Crippen molar-refractivity contribution in [1.82, 2.24) is 9.29 Å². The standard InChI is InChI=1S/C13H17FN4O2S/c14-9-3-5-17(7-9)12-2-1-11-13(16-12)15-10-4-6-18(8-10)21(11,19)20/h1-2,9-10H,3-8H2,(H,15,16). The van der Waals surface area contributed by atoms with Crippen LogP contribution in [0.3, 0.4) is 0 Å². The lowest BCUT2D eigenvalue weighted by Crippen LogP contribution is -2.28. The molecular formula is C13H17FN4O2S. The number of hydrogen-bond acceptors (Lipinski definition) is 5. The molecule has 0 aliphatic carbocycles. The summed E-state index contributed by atoms with van der Waals surface area (Å²) in [7, 11) is -3.46. The number of aromatic nitrogens is 1. The molecule has 4 rings (SSSR count). The Balaban J connectivity index is 1.75. The molecule has 6 nitrogen and oxygen atoms in total. The van der Waals surface area contributed by atoms with E-state index >= 15 is 0 Å². The second-order valence-electron chi connectivity index (χ2n) is 5.84. The van der Waals surface area contributed by atoms with Crippen LogP contribution in [0, 0.1) is 0 Å². The molecule has 0 spiro atoms. The lowest BCUT2D eigenvalue weighted by Gasteiger charge is -2.20. The van der Waals surface area contributed by atoms with E-state index in [1.807, 2.05) is 4.90 Å². The van der Waals surface area contributed by atoms with E-state index in [0.29, 0.717) is 44.2 Å². The summed E-state index contributed by atoms with van der Waals surface area (Å²) in [5, 5.41) is 3.23. The smallest absolute Gasteiger partial charge is 0.246 e. The summed E-state index contributed by atoms with van der Waals surface area (Å²) in [6, 6.07) is 3.37. The Hall–Kier alpha value is -1.41. The number of nitrogens with zero attached hydrogens (tertiary/aromatic N) is 3. The van der Waals surface area contributed by atoms with Crippen LogP contribution in [-0.4, -0.2) is 56.1 Å². The van der Waals surface area contributed by atoms with Crippen molar-refractivity contribution < 1.29 is 12.8 Å². The van der Waals surface area contributed by atoms with Gasteiger partial charge in [0.25, 0.3) is 0 Å². The van der Waals surface area contributed by atoms with Crippen LogP contribution in [0.2, 0.25) is 0 Å². The normalized spacial score (nSPS) is 33.4. The second-order valence-corrected chi connectivity index (χ2v) is 7.75. The summed E-state index contributed by atoms with van der Waals surface area (Å²) in [5.74, 6) is 1.05. The van der Waals surface area contributed by atoms with Gasteiger partial charge in [-0.05, 0) is 25.0 Å². The monoisotopic (exact) mass is 312 g/mol. The molecule has 114 valence electrons. The van der Waals surface area contributed by atoms with Crippen molar-refractivity contribution in [2.75, 3.05) is 36.4 Å². The van der Waals surface area contributed by atoms with Crippen LogP contribution >= 0.6 is 0 Å². The summed E-state index contributed by atoms with van der Waals surface area (Å²) < 4.78 is 39.9. The number of fused-ring (bicyclic) bond motifs is 3. The number of rotatable bonds is 1. The van der Waals surface area contributed by atoms with Gasteiger partial charge in [-0.2, -0.15) is 4.31 Å². The molecule has 1 aromatic rings. The van der Waals surface area contributed by atoms with Gasteiger partial charge in [-0.3, -0.25) is 0 Å². The molecule has 3 atom stereocenters. The number of alkyl halides is 1. The van der Waals surface area contributed by atoms with E-state index < -0.39 is 16.2 Å². The highest BCUT2D eigenvalue weighted by Crippen LogP contribution is 2.33. The predicted octanol–water partition coefficient (Wildman–Crippen LogP) is 0.818. The second kappa shape index (κ2) is 4.54. The number of halogens is 1. The van der Waals surface area contributed by atoms with Crippen molar-refractivity contribution in [2.45, 2.75) is 30.0 Å². The Morgan fingerprint density at radius 2 is 2.10 bits per heavy atom. The van der Waals surface area contributed by atoms with Crippen LogP contribution in [0.4, 0.5) is 16.0 Å². The topological polar surface area (TPSA) is 65.5 Å².